The van der Waals surface area contributed by atoms with Crippen LogP contribution in [0.4, 0.5) is 5.69 Å². The van der Waals surface area contributed by atoms with E-state index >= 15 is 0 Å². The minimum atomic E-state index is -0.0499. The van der Waals surface area contributed by atoms with E-state index in [1.807, 2.05) is 24.3 Å². The van der Waals surface area contributed by atoms with E-state index in [4.69, 9.17) is 5.73 Å². The van der Waals surface area contributed by atoms with Crippen LogP contribution in [0, 0.1) is 0 Å². The number of unbranched alkanes of at least 4 members (excludes halogenated alkanes) is 2. The minimum absolute atomic E-state index is 0.0499. The number of carbonyl (C=O) groups is 1. The average Bonchev–Trinajstić information content (AvgIpc) is 2.70. The van der Waals surface area contributed by atoms with Gasteiger partial charge in [-0.25, -0.2) is 0 Å². The molecule has 0 saturated carbocycles. The number of benzene rings is 2. The van der Waals surface area contributed by atoms with Crippen molar-refractivity contribution in [2.75, 3.05) is 25.4 Å². The van der Waals surface area contributed by atoms with E-state index in [-0.39, 0.29) is 5.91 Å². The Balaban J connectivity index is 1.56. The van der Waals surface area contributed by atoms with Gasteiger partial charge < -0.3 is 11.1 Å². The van der Waals surface area contributed by atoms with Crippen LogP contribution in [-0.4, -0.2) is 30.4 Å². The monoisotopic (exact) mass is 365 g/mol. The molecular weight excluding hydrogens is 334 g/mol. The van der Waals surface area contributed by atoms with Gasteiger partial charge in [0, 0.05) is 24.9 Å². The minimum Gasteiger partial charge on any atom is -0.399 e. The Morgan fingerprint density at radius 3 is 2.48 bits per heavy atom. The lowest BCUT2D eigenvalue weighted by molar-refractivity contribution is -0.116. The highest BCUT2D eigenvalue weighted by Crippen LogP contribution is 2.07. The molecule has 4 heteroatoms. The molecule has 0 spiro atoms. The zero-order valence-electron chi connectivity index (χ0n) is 16.2. The SMILES string of the molecule is CCN(CCCCCNC(=O)/C=C/c1ccc(N)cc1)Cc1ccccc1. The number of carbonyl (C=O) groups excluding carboxylic acids is 1. The first-order valence-electron chi connectivity index (χ1n) is 9.75. The van der Waals surface area contributed by atoms with Crippen LogP contribution in [-0.2, 0) is 11.3 Å². The summed E-state index contributed by atoms with van der Waals surface area (Å²) < 4.78 is 0. The fraction of sp³-hybridized carbons (Fsp3) is 0.348. The summed E-state index contributed by atoms with van der Waals surface area (Å²) in [4.78, 5) is 14.3. The molecule has 0 radical (unpaired) electrons. The highest BCUT2D eigenvalue weighted by atomic mass is 16.1. The predicted molar refractivity (Wildman–Crippen MR) is 114 cm³/mol. The van der Waals surface area contributed by atoms with E-state index in [1.165, 1.54) is 5.56 Å². The molecule has 4 nitrogen and oxygen atoms in total. The molecule has 2 rings (SSSR count). The summed E-state index contributed by atoms with van der Waals surface area (Å²) in [7, 11) is 0. The summed E-state index contributed by atoms with van der Waals surface area (Å²) >= 11 is 0. The Bertz CT molecular complexity index is 695. The van der Waals surface area contributed by atoms with Crippen LogP contribution in [0.3, 0.4) is 0 Å². The number of nitrogens with zero attached hydrogens (tertiary/aromatic N) is 1. The maximum absolute atomic E-state index is 11.8. The van der Waals surface area contributed by atoms with Crippen molar-refractivity contribution in [1.29, 1.82) is 0 Å². The molecule has 0 unspecified atom stereocenters. The van der Waals surface area contributed by atoms with E-state index in [0.717, 1.165) is 56.7 Å². The summed E-state index contributed by atoms with van der Waals surface area (Å²) in [5.74, 6) is -0.0499. The lowest BCUT2D eigenvalue weighted by atomic mass is 10.2. The Morgan fingerprint density at radius 1 is 1.04 bits per heavy atom. The van der Waals surface area contributed by atoms with E-state index in [9.17, 15) is 4.79 Å². The molecule has 0 fully saturated rings. The van der Waals surface area contributed by atoms with Crippen molar-refractivity contribution in [3.8, 4) is 0 Å². The summed E-state index contributed by atoms with van der Waals surface area (Å²) in [6, 6.07) is 18.0. The van der Waals surface area contributed by atoms with E-state index in [0.29, 0.717) is 0 Å². The fourth-order valence-electron chi connectivity index (χ4n) is 2.88. The molecule has 0 saturated heterocycles. The van der Waals surface area contributed by atoms with Crippen molar-refractivity contribution < 1.29 is 4.79 Å². The first kappa shape index (κ1) is 20.7. The van der Waals surface area contributed by atoms with Gasteiger partial charge in [0.15, 0.2) is 0 Å². The van der Waals surface area contributed by atoms with Crippen molar-refractivity contribution >= 4 is 17.7 Å². The molecule has 144 valence electrons. The van der Waals surface area contributed by atoms with Gasteiger partial charge in [-0.1, -0.05) is 55.8 Å². The Hall–Kier alpha value is -2.59. The number of nitrogens with one attached hydrogen (secondary N) is 1. The van der Waals surface area contributed by atoms with Crippen molar-refractivity contribution in [2.45, 2.75) is 32.7 Å². The smallest absolute Gasteiger partial charge is 0.243 e. The Kier molecular flexibility index (Phi) is 9.14. The van der Waals surface area contributed by atoms with E-state index < -0.39 is 0 Å². The van der Waals surface area contributed by atoms with Crippen LogP contribution < -0.4 is 11.1 Å². The number of anilines is 1. The third kappa shape index (κ3) is 8.56. The highest BCUT2D eigenvalue weighted by Gasteiger charge is 2.03. The van der Waals surface area contributed by atoms with Crippen molar-refractivity contribution in [3.05, 3.63) is 71.8 Å². The van der Waals surface area contributed by atoms with Gasteiger partial charge in [0.05, 0.1) is 0 Å². The number of amides is 1. The maximum Gasteiger partial charge on any atom is 0.243 e. The number of nitrogens with two attached hydrogens (primary N) is 1. The quantitative estimate of drug-likeness (QED) is 0.358. The third-order valence-corrected chi connectivity index (χ3v) is 4.51. The fourth-order valence-corrected chi connectivity index (χ4v) is 2.88. The normalized spacial score (nSPS) is 11.2. The number of nitrogen functional groups attached to an aromatic ring is 1. The molecule has 2 aromatic carbocycles. The predicted octanol–water partition coefficient (Wildman–Crippen LogP) is 4.09. The molecule has 27 heavy (non-hydrogen) atoms. The molecule has 0 aliphatic rings. The van der Waals surface area contributed by atoms with Gasteiger partial charge in [0.2, 0.25) is 5.91 Å². The van der Waals surface area contributed by atoms with Gasteiger partial charge in [-0.15, -0.1) is 0 Å². The van der Waals surface area contributed by atoms with Crippen LogP contribution in [0.5, 0.6) is 0 Å². The highest BCUT2D eigenvalue weighted by molar-refractivity contribution is 5.91. The molecule has 2 aromatic rings. The van der Waals surface area contributed by atoms with E-state index in [1.54, 1.807) is 12.2 Å². The molecule has 0 aliphatic carbocycles. The second kappa shape index (κ2) is 11.9. The lowest BCUT2D eigenvalue weighted by Crippen LogP contribution is -2.25. The van der Waals surface area contributed by atoms with Gasteiger partial charge in [0.25, 0.3) is 0 Å². The van der Waals surface area contributed by atoms with Crippen LogP contribution in [0.1, 0.15) is 37.3 Å². The van der Waals surface area contributed by atoms with Crippen molar-refractivity contribution in [2.24, 2.45) is 0 Å². The largest absolute Gasteiger partial charge is 0.399 e. The number of hydrogen-bond donors (Lipinski definition) is 2. The molecule has 0 aliphatic heterocycles. The molecule has 0 aromatic heterocycles. The standard InChI is InChI=1S/C23H31N3O/c1-2-26(19-21-9-5-3-6-10-21)18-8-4-7-17-25-23(27)16-13-20-11-14-22(24)15-12-20/h3,5-6,9-16H,2,4,7-8,17-19,24H2,1H3,(H,25,27)/b16-13+. The second-order valence-electron chi connectivity index (χ2n) is 6.71. The average molecular weight is 366 g/mol. The van der Waals surface area contributed by atoms with Gasteiger partial charge in [-0.3, -0.25) is 9.69 Å². The number of rotatable bonds is 11. The third-order valence-electron chi connectivity index (χ3n) is 4.51. The molecule has 0 heterocycles. The van der Waals surface area contributed by atoms with Crippen LogP contribution in [0.15, 0.2) is 60.7 Å². The van der Waals surface area contributed by atoms with Gasteiger partial charge in [0.1, 0.15) is 0 Å². The molecule has 0 bridgehead atoms. The van der Waals surface area contributed by atoms with Crippen molar-refractivity contribution in [1.82, 2.24) is 10.2 Å². The van der Waals surface area contributed by atoms with Crippen LogP contribution in [0.2, 0.25) is 0 Å². The lowest BCUT2D eigenvalue weighted by Gasteiger charge is -2.20. The Labute approximate surface area is 163 Å². The maximum atomic E-state index is 11.8. The van der Waals surface area contributed by atoms with Gasteiger partial charge in [-0.05, 0) is 55.3 Å². The molecule has 3 N–H and O–H groups in total. The first-order valence-corrected chi connectivity index (χ1v) is 9.75. The topological polar surface area (TPSA) is 58.4 Å². The molecule has 0 atom stereocenters. The zero-order valence-corrected chi connectivity index (χ0v) is 16.2. The number of hydrogen-bond acceptors (Lipinski definition) is 3. The van der Waals surface area contributed by atoms with Crippen LogP contribution in [0.25, 0.3) is 6.08 Å². The molecule has 1 amide bonds. The Morgan fingerprint density at radius 2 is 1.78 bits per heavy atom. The summed E-state index contributed by atoms with van der Waals surface area (Å²) in [5.41, 5.74) is 8.70. The van der Waals surface area contributed by atoms with E-state index in [2.05, 4.69) is 47.5 Å². The van der Waals surface area contributed by atoms with Gasteiger partial charge >= 0.3 is 0 Å². The van der Waals surface area contributed by atoms with Gasteiger partial charge in [-0.2, -0.15) is 0 Å². The molecular formula is C23H31N3O. The summed E-state index contributed by atoms with van der Waals surface area (Å²) in [6.45, 7) is 6.08. The summed E-state index contributed by atoms with van der Waals surface area (Å²) in [5, 5.41) is 2.94. The second-order valence-corrected chi connectivity index (χ2v) is 6.71. The van der Waals surface area contributed by atoms with Crippen molar-refractivity contribution in [3.63, 3.8) is 0 Å². The zero-order chi connectivity index (χ0) is 19.3. The van der Waals surface area contributed by atoms with Crippen LogP contribution >= 0.6 is 0 Å². The first-order chi connectivity index (χ1) is 13.2. The summed E-state index contributed by atoms with van der Waals surface area (Å²) in [6.07, 6.45) is 6.65.